The number of hydrogen-bond donors (Lipinski definition) is 0. The van der Waals surface area contributed by atoms with Crippen molar-refractivity contribution in [3.63, 3.8) is 0 Å². The first kappa shape index (κ1) is 13.2. The third kappa shape index (κ3) is 2.60. The lowest BCUT2D eigenvalue weighted by Gasteiger charge is -2.04. The standard InChI is InChI=1S/C13H6BrClF2O/c14-10-5-7(1-4-11(10)16)13(18)9-3-2-8(15)6-12(9)17/h1-6H. The number of hydrogen-bond acceptors (Lipinski definition) is 1. The molecule has 0 aliphatic heterocycles. The van der Waals surface area contributed by atoms with Gasteiger partial charge in [0, 0.05) is 10.6 Å². The van der Waals surface area contributed by atoms with Gasteiger partial charge in [-0.25, -0.2) is 8.78 Å². The summed E-state index contributed by atoms with van der Waals surface area (Å²) in [4.78, 5) is 12.0. The summed E-state index contributed by atoms with van der Waals surface area (Å²) in [5.74, 6) is -1.71. The minimum atomic E-state index is -0.701. The number of halogens is 4. The molecule has 5 heteroatoms. The summed E-state index contributed by atoms with van der Waals surface area (Å²) in [5, 5.41) is 0.212. The normalized spacial score (nSPS) is 10.4. The van der Waals surface area contributed by atoms with Gasteiger partial charge < -0.3 is 0 Å². The van der Waals surface area contributed by atoms with Gasteiger partial charge in [0.05, 0.1) is 10.0 Å². The Kier molecular flexibility index (Phi) is 3.78. The maximum Gasteiger partial charge on any atom is 0.196 e. The largest absolute Gasteiger partial charge is 0.288 e. The lowest BCUT2D eigenvalue weighted by atomic mass is 10.0. The number of rotatable bonds is 2. The Morgan fingerprint density at radius 3 is 2.39 bits per heavy atom. The molecule has 2 rings (SSSR count). The first-order valence-corrected chi connectivity index (χ1v) is 6.11. The van der Waals surface area contributed by atoms with Gasteiger partial charge in [0.15, 0.2) is 5.78 Å². The van der Waals surface area contributed by atoms with E-state index in [9.17, 15) is 13.6 Å². The van der Waals surface area contributed by atoms with Crippen LogP contribution in [0.25, 0.3) is 0 Å². The Morgan fingerprint density at radius 1 is 1.06 bits per heavy atom. The lowest BCUT2D eigenvalue weighted by molar-refractivity contribution is 0.103. The summed E-state index contributed by atoms with van der Waals surface area (Å²) in [6.45, 7) is 0. The zero-order valence-corrected chi connectivity index (χ0v) is 11.2. The molecule has 0 saturated heterocycles. The number of benzene rings is 2. The number of carbonyl (C=O) groups is 1. The SMILES string of the molecule is O=C(c1ccc(F)c(Br)c1)c1ccc(Cl)cc1F. The van der Waals surface area contributed by atoms with E-state index in [0.29, 0.717) is 0 Å². The zero-order chi connectivity index (χ0) is 13.3. The van der Waals surface area contributed by atoms with Gasteiger partial charge in [-0.1, -0.05) is 11.6 Å². The van der Waals surface area contributed by atoms with Crippen molar-refractivity contribution in [1.82, 2.24) is 0 Å². The van der Waals surface area contributed by atoms with Gasteiger partial charge in [-0.2, -0.15) is 0 Å². The van der Waals surface area contributed by atoms with Crippen molar-refractivity contribution < 1.29 is 13.6 Å². The first-order chi connectivity index (χ1) is 8.49. The van der Waals surface area contributed by atoms with E-state index in [1.165, 1.54) is 24.3 Å². The Labute approximate surface area is 116 Å². The molecule has 0 aromatic heterocycles. The van der Waals surface area contributed by atoms with Gasteiger partial charge in [0.1, 0.15) is 11.6 Å². The third-order valence-corrected chi connectivity index (χ3v) is 3.20. The minimum absolute atomic E-state index is 0.0992. The fourth-order valence-electron chi connectivity index (χ4n) is 1.47. The molecular weight excluding hydrogens is 325 g/mol. The van der Waals surface area contributed by atoms with E-state index in [2.05, 4.69) is 15.9 Å². The predicted octanol–water partition coefficient (Wildman–Crippen LogP) is 4.61. The molecule has 0 N–H and O–H groups in total. The summed E-state index contributed by atoms with van der Waals surface area (Å²) in [6, 6.07) is 7.55. The van der Waals surface area contributed by atoms with E-state index in [0.717, 1.165) is 12.1 Å². The summed E-state index contributed by atoms with van der Waals surface area (Å²) in [6.07, 6.45) is 0. The first-order valence-electron chi connectivity index (χ1n) is 4.94. The van der Waals surface area contributed by atoms with E-state index in [-0.39, 0.29) is 20.6 Å². The van der Waals surface area contributed by atoms with Crippen molar-refractivity contribution in [2.24, 2.45) is 0 Å². The van der Waals surface area contributed by atoms with Crippen molar-refractivity contribution in [3.8, 4) is 0 Å². The maximum absolute atomic E-state index is 13.6. The Bertz CT molecular complexity index is 628. The Balaban J connectivity index is 2.44. The average molecular weight is 332 g/mol. The quantitative estimate of drug-likeness (QED) is 0.734. The van der Waals surface area contributed by atoms with E-state index >= 15 is 0 Å². The molecule has 0 aliphatic carbocycles. The van der Waals surface area contributed by atoms with Crippen LogP contribution in [0.15, 0.2) is 40.9 Å². The molecule has 0 atom stereocenters. The molecule has 2 aromatic carbocycles. The fraction of sp³-hybridized carbons (Fsp3) is 0. The van der Waals surface area contributed by atoms with Gasteiger partial charge in [0.25, 0.3) is 0 Å². The van der Waals surface area contributed by atoms with Crippen LogP contribution in [0.3, 0.4) is 0 Å². The monoisotopic (exact) mass is 330 g/mol. The highest BCUT2D eigenvalue weighted by atomic mass is 79.9. The predicted molar refractivity (Wildman–Crippen MR) is 68.9 cm³/mol. The van der Waals surface area contributed by atoms with Crippen LogP contribution in [0, 0.1) is 11.6 Å². The van der Waals surface area contributed by atoms with Crippen molar-refractivity contribution in [2.45, 2.75) is 0 Å². The van der Waals surface area contributed by atoms with Crippen LogP contribution in [0.2, 0.25) is 5.02 Å². The van der Waals surface area contributed by atoms with Crippen molar-refractivity contribution >= 4 is 33.3 Å². The van der Waals surface area contributed by atoms with E-state index in [4.69, 9.17) is 11.6 Å². The highest BCUT2D eigenvalue weighted by Gasteiger charge is 2.15. The topological polar surface area (TPSA) is 17.1 Å². The van der Waals surface area contributed by atoms with Crippen LogP contribution in [-0.4, -0.2) is 5.78 Å². The molecule has 0 radical (unpaired) electrons. The van der Waals surface area contributed by atoms with Gasteiger partial charge in [0.2, 0.25) is 0 Å². The van der Waals surface area contributed by atoms with Crippen LogP contribution < -0.4 is 0 Å². The molecular formula is C13H6BrClF2O. The van der Waals surface area contributed by atoms with Gasteiger partial charge >= 0.3 is 0 Å². The van der Waals surface area contributed by atoms with Crippen LogP contribution in [-0.2, 0) is 0 Å². The highest BCUT2D eigenvalue weighted by molar-refractivity contribution is 9.10. The minimum Gasteiger partial charge on any atom is -0.288 e. The second kappa shape index (κ2) is 5.16. The summed E-state index contributed by atoms with van der Waals surface area (Å²) in [5.41, 5.74) is 0.0994. The van der Waals surface area contributed by atoms with Gasteiger partial charge in [-0.05, 0) is 52.3 Å². The molecule has 0 bridgehead atoms. The average Bonchev–Trinajstić information content (AvgIpc) is 2.32. The molecule has 0 amide bonds. The van der Waals surface area contributed by atoms with E-state index < -0.39 is 17.4 Å². The highest BCUT2D eigenvalue weighted by Crippen LogP contribution is 2.21. The fourth-order valence-corrected chi connectivity index (χ4v) is 2.00. The molecule has 92 valence electrons. The molecule has 2 aromatic rings. The van der Waals surface area contributed by atoms with Gasteiger partial charge in [-0.15, -0.1) is 0 Å². The third-order valence-electron chi connectivity index (χ3n) is 2.36. The summed E-state index contributed by atoms with van der Waals surface area (Å²) < 4.78 is 26.8. The van der Waals surface area contributed by atoms with Crippen LogP contribution in [0.4, 0.5) is 8.78 Å². The van der Waals surface area contributed by atoms with Crippen LogP contribution >= 0.6 is 27.5 Å². The Hall–Kier alpha value is -1.26. The number of carbonyl (C=O) groups excluding carboxylic acids is 1. The summed E-state index contributed by atoms with van der Waals surface area (Å²) >= 11 is 8.58. The Morgan fingerprint density at radius 2 is 1.78 bits per heavy atom. The lowest BCUT2D eigenvalue weighted by Crippen LogP contribution is -2.04. The molecule has 1 nitrogen and oxygen atoms in total. The molecule has 0 aliphatic rings. The second-order valence-electron chi connectivity index (χ2n) is 3.58. The molecule has 18 heavy (non-hydrogen) atoms. The molecule has 0 saturated carbocycles. The maximum atomic E-state index is 13.6. The van der Waals surface area contributed by atoms with Crippen LogP contribution in [0.5, 0.6) is 0 Å². The zero-order valence-electron chi connectivity index (χ0n) is 8.88. The molecule has 0 spiro atoms. The van der Waals surface area contributed by atoms with Gasteiger partial charge in [-0.3, -0.25) is 4.79 Å². The van der Waals surface area contributed by atoms with E-state index in [1.807, 2.05) is 0 Å². The van der Waals surface area contributed by atoms with E-state index in [1.54, 1.807) is 0 Å². The number of ketones is 1. The second-order valence-corrected chi connectivity index (χ2v) is 4.87. The smallest absolute Gasteiger partial charge is 0.196 e. The molecule has 0 heterocycles. The van der Waals surface area contributed by atoms with Crippen molar-refractivity contribution in [3.05, 3.63) is 68.7 Å². The van der Waals surface area contributed by atoms with Crippen molar-refractivity contribution in [2.75, 3.05) is 0 Å². The summed E-state index contributed by atoms with van der Waals surface area (Å²) in [7, 11) is 0. The van der Waals surface area contributed by atoms with Crippen LogP contribution in [0.1, 0.15) is 15.9 Å². The molecule has 0 unspecified atom stereocenters. The van der Waals surface area contributed by atoms with Crippen molar-refractivity contribution in [1.29, 1.82) is 0 Å². The molecule has 0 fully saturated rings.